The van der Waals surface area contributed by atoms with Gasteiger partial charge in [0.15, 0.2) is 12.0 Å². The Morgan fingerprint density at radius 1 is 0.807 bits per heavy atom. The van der Waals surface area contributed by atoms with E-state index in [4.69, 9.17) is 23.7 Å². The largest absolute Gasteiger partial charge is 0.491 e. The molecule has 2 aromatic carbocycles. The molecule has 19 heteroatoms. The quantitative estimate of drug-likeness (QED) is 0.0796. The van der Waals surface area contributed by atoms with Gasteiger partial charge in [-0.05, 0) is 160 Å². The summed E-state index contributed by atoms with van der Waals surface area (Å²) in [5, 5.41) is 51.1. The summed E-state index contributed by atoms with van der Waals surface area (Å²) >= 11 is 8.96. The van der Waals surface area contributed by atoms with Gasteiger partial charge < -0.3 is 60.1 Å². The molecule has 0 bridgehead atoms. The summed E-state index contributed by atoms with van der Waals surface area (Å²) in [6.07, 6.45) is -7.49. The molecule has 0 saturated carbocycles. The Hall–Kier alpha value is -0.750. The van der Waals surface area contributed by atoms with Gasteiger partial charge in [0.2, 0.25) is 11.8 Å². The SMILES string of the molecule is CC(=O)Cc1cc(I)c(Oc2cc(I)c(OCCCNCCCNC(=O)CC3O[C@@H](O[C@@H]4C(NC(C)=O)[C@H](C)OC(CO)[C@H]4O)C(O)[C@@H](O)[C@@H]3C)c(I)c2)c(I)c1. The number of aliphatic hydroxyl groups is 4. The van der Waals surface area contributed by atoms with Crippen molar-refractivity contribution in [3.63, 3.8) is 0 Å². The number of carbonyl (C=O) groups excluding carboxylic acids is 3. The van der Waals surface area contributed by atoms with Crippen LogP contribution in [-0.2, 0) is 35.0 Å². The van der Waals surface area contributed by atoms with E-state index in [2.05, 4.69) is 106 Å². The highest BCUT2D eigenvalue weighted by atomic mass is 127. The summed E-state index contributed by atoms with van der Waals surface area (Å²) in [5.74, 6) is 1.05. The topological polar surface area (TPSA) is 214 Å². The third kappa shape index (κ3) is 14.1. The summed E-state index contributed by atoms with van der Waals surface area (Å²) < 4.78 is 33.7. The van der Waals surface area contributed by atoms with Gasteiger partial charge in [-0.2, -0.15) is 0 Å². The van der Waals surface area contributed by atoms with Crippen molar-refractivity contribution < 1.29 is 58.5 Å². The van der Waals surface area contributed by atoms with E-state index in [0.29, 0.717) is 38.3 Å². The average molecular weight is 1250 g/mol. The van der Waals surface area contributed by atoms with Crippen molar-refractivity contribution in [2.24, 2.45) is 5.92 Å². The van der Waals surface area contributed by atoms with Crippen molar-refractivity contribution in [3.05, 3.63) is 44.1 Å². The molecule has 57 heavy (non-hydrogen) atoms. The normalized spacial score (nSPS) is 27.4. The standard InChI is InChI=1S/C38H51I4N3O12/c1-18(47)11-22-12-24(39)36(25(40)13-22)55-23-14-26(41)35(27(42)15-23)53-10-6-8-43-7-5-9-44-30(49)16-28-19(2)32(50)34(52)38(56-28)57-37-31(45-21(4)48)20(3)54-29(17-46)33(37)51/h12-15,19-20,28-29,31-34,37-38,43,46,50-52H,5-11,16-17H2,1-4H3,(H,44,49)(H,45,48)/t19-,20+,28?,29?,31?,32+,33-,34?,37-,38+/m1/s1. The van der Waals surface area contributed by atoms with E-state index in [1.165, 1.54) is 6.92 Å². The first-order valence-electron chi connectivity index (χ1n) is 18.6. The van der Waals surface area contributed by atoms with E-state index >= 15 is 0 Å². The number of halogens is 4. The molecule has 0 radical (unpaired) electrons. The van der Waals surface area contributed by atoms with Crippen LogP contribution in [0.2, 0.25) is 0 Å². The molecular formula is C38H51I4N3O12. The molecular weight excluding hydrogens is 1200 g/mol. The van der Waals surface area contributed by atoms with Crippen LogP contribution in [0.4, 0.5) is 0 Å². The second-order valence-electron chi connectivity index (χ2n) is 14.2. The molecule has 4 unspecified atom stereocenters. The molecule has 2 aromatic rings. The van der Waals surface area contributed by atoms with Crippen molar-refractivity contribution >= 4 is 108 Å². The van der Waals surface area contributed by atoms with Gasteiger partial charge in [-0.3, -0.25) is 14.4 Å². The maximum atomic E-state index is 12.9. The first kappa shape index (κ1) is 48.9. The van der Waals surface area contributed by atoms with Gasteiger partial charge in [-0.25, -0.2) is 0 Å². The molecule has 0 aliphatic carbocycles. The van der Waals surface area contributed by atoms with E-state index in [0.717, 1.165) is 44.3 Å². The average Bonchev–Trinajstić information content (AvgIpc) is 3.13. The Kier molecular flexibility index (Phi) is 20.1. The molecule has 15 nitrogen and oxygen atoms in total. The number of ketones is 1. The van der Waals surface area contributed by atoms with E-state index < -0.39 is 73.5 Å². The van der Waals surface area contributed by atoms with Gasteiger partial charge in [0.25, 0.3) is 0 Å². The third-order valence-corrected chi connectivity index (χ3v) is 12.8. The summed E-state index contributed by atoms with van der Waals surface area (Å²) in [4.78, 5) is 36.3. The second-order valence-corrected chi connectivity index (χ2v) is 18.9. The number of hydrogen-bond donors (Lipinski definition) is 7. The van der Waals surface area contributed by atoms with Crippen LogP contribution in [0.3, 0.4) is 0 Å². The Morgan fingerprint density at radius 3 is 2.05 bits per heavy atom. The molecule has 2 saturated heterocycles. The highest BCUT2D eigenvalue weighted by molar-refractivity contribution is 14.1. The lowest BCUT2D eigenvalue weighted by atomic mass is 9.88. The number of amides is 2. The highest BCUT2D eigenvalue weighted by Crippen LogP contribution is 2.38. The van der Waals surface area contributed by atoms with Crippen LogP contribution in [-0.4, -0.2) is 126 Å². The molecule has 4 rings (SSSR count). The molecule has 2 aliphatic rings. The molecule has 2 amide bonds. The number of hydrogen-bond acceptors (Lipinski definition) is 13. The molecule has 10 atom stereocenters. The minimum absolute atomic E-state index is 0.102. The molecule has 318 valence electrons. The molecule has 7 N–H and O–H groups in total. The zero-order chi connectivity index (χ0) is 42.0. The van der Waals surface area contributed by atoms with Crippen LogP contribution in [0.1, 0.15) is 52.5 Å². The van der Waals surface area contributed by atoms with Gasteiger partial charge in [-0.15, -0.1) is 0 Å². The fourth-order valence-electron chi connectivity index (χ4n) is 6.60. The van der Waals surface area contributed by atoms with Crippen LogP contribution in [0.25, 0.3) is 0 Å². The molecule has 2 aliphatic heterocycles. The fourth-order valence-corrected chi connectivity index (χ4v) is 10.7. The van der Waals surface area contributed by atoms with Crippen LogP contribution in [0.5, 0.6) is 17.2 Å². The monoisotopic (exact) mass is 1250 g/mol. The maximum Gasteiger partial charge on any atom is 0.222 e. The predicted molar refractivity (Wildman–Crippen MR) is 243 cm³/mol. The summed E-state index contributed by atoms with van der Waals surface area (Å²) in [6.45, 7) is 8.00. The molecule has 0 aromatic heterocycles. The molecule has 2 heterocycles. The van der Waals surface area contributed by atoms with Crippen LogP contribution in [0, 0.1) is 20.2 Å². The van der Waals surface area contributed by atoms with E-state index in [1.54, 1.807) is 20.8 Å². The summed E-state index contributed by atoms with van der Waals surface area (Å²) in [6, 6.07) is 6.99. The number of nitrogens with one attached hydrogen (secondary N) is 3. The van der Waals surface area contributed by atoms with Crippen molar-refractivity contribution in [2.75, 3.05) is 32.8 Å². The molecule has 2 fully saturated rings. The Bertz CT molecular complexity index is 1650. The Labute approximate surface area is 387 Å². The van der Waals surface area contributed by atoms with Gasteiger partial charge in [-0.1, -0.05) is 6.92 Å². The van der Waals surface area contributed by atoms with E-state index in [1.807, 2.05) is 24.3 Å². The van der Waals surface area contributed by atoms with Crippen molar-refractivity contribution in [1.82, 2.24) is 16.0 Å². The minimum atomic E-state index is -1.50. The van der Waals surface area contributed by atoms with E-state index in [9.17, 15) is 34.8 Å². The van der Waals surface area contributed by atoms with Crippen LogP contribution < -0.4 is 25.4 Å². The van der Waals surface area contributed by atoms with Gasteiger partial charge in [0.05, 0.1) is 58.3 Å². The van der Waals surface area contributed by atoms with Crippen LogP contribution in [0.15, 0.2) is 24.3 Å². The first-order chi connectivity index (χ1) is 27.0. The number of Topliss-reactive ketones (excluding diaryl/α,β-unsaturated/α-hetero) is 1. The lowest BCUT2D eigenvalue weighted by molar-refractivity contribution is -0.320. The number of benzene rings is 2. The number of rotatable bonds is 19. The number of ether oxygens (including phenoxy) is 5. The summed E-state index contributed by atoms with van der Waals surface area (Å²) in [5.41, 5.74) is 0.962. The summed E-state index contributed by atoms with van der Waals surface area (Å²) in [7, 11) is 0. The van der Waals surface area contributed by atoms with Crippen molar-refractivity contribution in [2.45, 2.75) is 108 Å². The Balaban J connectivity index is 1.16. The fraction of sp³-hybridized carbons (Fsp3) is 0.605. The number of aliphatic hydroxyl groups excluding tert-OH is 4. The molecule has 0 spiro atoms. The van der Waals surface area contributed by atoms with Gasteiger partial charge in [0.1, 0.15) is 41.7 Å². The van der Waals surface area contributed by atoms with Crippen molar-refractivity contribution in [3.8, 4) is 17.2 Å². The third-order valence-electron chi connectivity index (χ3n) is 9.56. The Morgan fingerprint density at radius 2 is 1.44 bits per heavy atom. The first-order valence-corrected chi connectivity index (χ1v) is 22.9. The minimum Gasteiger partial charge on any atom is -0.491 e. The predicted octanol–water partition coefficient (Wildman–Crippen LogP) is 3.40. The smallest absolute Gasteiger partial charge is 0.222 e. The lowest BCUT2D eigenvalue weighted by Crippen LogP contribution is -2.66. The van der Waals surface area contributed by atoms with Crippen molar-refractivity contribution in [1.29, 1.82) is 0 Å². The zero-order valence-corrected chi connectivity index (χ0v) is 40.6. The van der Waals surface area contributed by atoms with E-state index in [-0.39, 0.29) is 18.1 Å². The second kappa shape index (κ2) is 23.5. The maximum absolute atomic E-state index is 12.9. The number of carbonyl (C=O) groups is 3. The zero-order valence-electron chi connectivity index (χ0n) is 32.0. The van der Waals surface area contributed by atoms with Gasteiger partial charge in [0, 0.05) is 25.8 Å². The highest BCUT2D eigenvalue weighted by Gasteiger charge is 2.50. The lowest BCUT2D eigenvalue weighted by Gasteiger charge is -2.47. The van der Waals surface area contributed by atoms with Crippen LogP contribution >= 0.6 is 90.4 Å². The van der Waals surface area contributed by atoms with Gasteiger partial charge >= 0.3 is 0 Å².